The van der Waals surface area contributed by atoms with Crippen LogP contribution < -0.4 is 4.72 Å². The molecule has 2 N–H and O–H groups in total. The Labute approximate surface area is 129 Å². The summed E-state index contributed by atoms with van der Waals surface area (Å²) in [7, 11) is -4.22. The van der Waals surface area contributed by atoms with E-state index in [1.165, 1.54) is 0 Å². The predicted octanol–water partition coefficient (Wildman–Crippen LogP) is 1.55. The third-order valence-electron chi connectivity index (χ3n) is 3.25. The molecule has 21 heavy (non-hydrogen) atoms. The van der Waals surface area contributed by atoms with E-state index in [4.69, 9.17) is 4.74 Å². The summed E-state index contributed by atoms with van der Waals surface area (Å²) >= 11 is 2.83. The summed E-state index contributed by atoms with van der Waals surface area (Å²) in [6.07, 6.45) is 0.561. The molecule has 0 aliphatic carbocycles. The monoisotopic (exact) mass is 385 g/mol. The smallest absolute Gasteiger partial charge is 0.244 e. The van der Waals surface area contributed by atoms with Gasteiger partial charge < -0.3 is 9.84 Å². The van der Waals surface area contributed by atoms with Crippen molar-refractivity contribution in [2.24, 2.45) is 0 Å². The number of hydrogen-bond donors (Lipinski definition) is 2. The Morgan fingerprint density at radius 1 is 1.33 bits per heavy atom. The third kappa shape index (κ3) is 3.98. The van der Waals surface area contributed by atoms with Gasteiger partial charge in [0.1, 0.15) is 16.5 Å². The fourth-order valence-corrected chi connectivity index (χ4v) is 4.30. The lowest BCUT2D eigenvalue weighted by Gasteiger charge is -2.32. The van der Waals surface area contributed by atoms with Gasteiger partial charge in [0.15, 0.2) is 0 Å². The Morgan fingerprint density at radius 2 is 1.95 bits per heavy atom. The first kappa shape index (κ1) is 16.8. The van der Waals surface area contributed by atoms with Crippen LogP contribution in [0.4, 0.5) is 8.78 Å². The van der Waals surface area contributed by atoms with Crippen LogP contribution in [0.2, 0.25) is 0 Å². The van der Waals surface area contributed by atoms with Crippen LogP contribution >= 0.6 is 15.9 Å². The fourth-order valence-electron chi connectivity index (χ4n) is 2.02. The first-order valence-electron chi connectivity index (χ1n) is 6.18. The summed E-state index contributed by atoms with van der Waals surface area (Å²) in [5, 5.41) is 10.2. The van der Waals surface area contributed by atoms with E-state index >= 15 is 0 Å². The lowest BCUT2D eigenvalue weighted by molar-refractivity contribution is -0.0588. The summed E-state index contributed by atoms with van der Waals surface area (Å²) in [6.45, 7) is 0.390. The lowest BCUT2D eigenvalue weighted by Crippen LogP contribution is -2.46. The van der Waals surface area contributed by atoms with E-state index in [2.05, 4.69) is 20.7 Å². The maximum atomic E-state index is 13.7. The molecule has 1 aliphatic heterocycles. The van der Waals surface area contributed by atoms with Crippen LogP contribution in [0, 0.1) is 11.6 Å². The Hall–Kier alpha value is -0.610. The number of rotatable bonds is 4. The summed E-state index contributed by atoms with van der Waals surface area (Å²) in [6, 6.07) is 1.35. The predicted molar refractivity (Wildman–Crippen MR) is 74.2 cm³/mol. The van der Waals surface area contributed by atoms with E-state index in [1.807, 2.05) is 0 Å². The molecule has 0 unspecified atom stereocenters. The fraction of sp³-hybridized carbons (Fsp3) is 0.500. The van der Waals surface area contributed by atoms with Crippen molar-refractivity contribution in [3.05, 3.63) is 28.2 Å². The second kappa shape index (κ2) is 6.25. The van der Waals surface area contributed by atoms with Gasteiger partial charge in [0, 0.05) is 43.1 Å². The normalized spacial score (nSPS) is 18.7. The van der Waals surface area contributed by atoms with Gasteiger partial charge in [0.05, 0.1) is 5.60 Å². The molecule has 1 fully saturated rings. The Bertz CT molecular complexity index is 609. The number of hydrogen-bond acceptors (Lipinski definition) is 4. The number of aliphatic hydroxyl groups is 1. The highest BCUT2D eigenvalue weighted by Crippen LogP contribution is 2.27. The van der Waals surface area contributed by atoms with Gasteiger partial charge in [-0.1, -0.05) is 0 Å². The molecule has 1 aromatic carbocycles. The highest BCUT2D eigenvalue weighted by atomic mass is 79.9. The number of nitrogens with one attached hydrogen (secondary N) is 1. The minimum Gasteiger partial charge on any atom is -0.388 e. The SMILES string of the molecule is O=S(=O)(NCC1(O)CCOCC1)c1c(F)cc(F)cc1Br. The van der Waals surface area contributed by atoms with Gasteiger partial charge in [-0.3, -0.25) is 0 Å². The van der Waals surface area contributed by atoms with Crippen molar-refractivity contribution in [3.63, 3.8) is 0 Å². The Morgan fingerprint density at radius 3 is 2.52 bits per heavy atom. The van der Waals surface area contributed by atoms with Crippen molar-refractivity contribution in [1.29, 1.82) is 0 Å². The van der Waals surface area contributed by atoms with Crippen molar-refractivity contribution >= 4 is 26.0 Å². The summed E-state index contributed by atoms with van der Waals surface area (Å²) in [5.74, 6) is -2.09. The summed E-state index contributed by atoms with van der Waals surface area (Å²) in [5.41, 5.74) is -1.23. The molecule has 0 aromatic heterocycles. The van der Waals surface area contributed by atoms with Gasteiger partial charge in [-0.25, -0.2) is 21.9 Å². The maximum absolute atomic E-state index is 13.7. The van der Waals surface area contributed by atoms with Gasteiger partial charge in [0.2, 0.25) is 10.0 Å². The van der Waals surface area contributed by atoms with Crippen molar-refractivity contribution in [2.45, 2.75) is 23.3 Å². The lowest BCUT2D eigenvalue weighted by atomic mass is 9.95. The van der Waals surface area contributed by atoms with Gasteiger partial charge >= 0.3 is 0 Å². The highest BCUT2D eigenvalue weighted by Gasteiger charge is 2.33. The second-order valence-electron chi connectivity index (χ2n) is 4.86. The van der Waals surface area contributed by atoms with E-state index < -0.39 is 32.2 Å². The first-order chi connectivity index (χ1) is 9.73. The topological polar surface area (TPSA) is 75.6 Å². The molecule has 118 valence electrons. The molecule has 0 radical (unpaired) electrons. The van der Waals surface area contributed by atoms with Crippen LogP contribution in [0.5, 0.6) is 0 Å². The molecule has 9 heteroatoms. The van der Waals surface area contributed by atoms with Crippen LogP contribution in [-0.2, 0) is 14.8 Å². The summed E-state index contributed by atoms with van der Waals surface area (Å²) < 4.78 is 58.0. The number of halogens is 3. The molecule has 1 aliphatic rings. The van der Waals surface area contributed by atoms with E-state index in [1.54, 1.807) is 0 Å². The zero-order valence-corrected chi connectivity index (χ0v) is 13.3. The molecule has 2 rings (SSSR count). The second-order valence-corrected chi connectivity index (χ2v) is 7.42. The standard InChI is InChI=1S/C12H14BrF2NO4S/c13-9-5-8(14)6-10(15)11(9)21(18,19)16-7-12(17)1-3-20-4-2-12/h5-6,16-17H,1-4,7H2. The first-order valence-corrected chi connectivity index (χ1v) is 8.45. The van der Waals surface area contributed by atoms with Gasteiger partial charge in [-0.05, 0) is 22.0 Å². The molecule has 1 aromatic rings. The molecule has 1 saturated heterocycles. The van der Waals surface area contributed by atoms with Crippen molar-refractivity contribution in [3.8, 4) is 0 Å². The Kier molecular flexibility index (Phi) is 4.99. The van der Waals surface area contributed by atoms with E-state index in [-0.39, 0.29) is 23.9 Å². The minimum absolute atomic E-state index is 0.216. The molecule has 0 saturated carbocycles. The van der Waals surface area contributed by atoms with Gasteiger partial charge in [0.25, 0.3) is 0 Å². The zero-order chi connectivity index (χ0) is 15.7. The maximum Gasteiger partial charge on any atom is 0.244 e. The van der Waals surface area contributed by atoms with Crippen LogP contribution in [0.25, 0.3) is 0 Å². The quantitative estimate of drug-likeness (QED) is 0.824. The molecular formula is C12H14BrF2NO4S. The van der Waals surface area contributed by atoms with Crippen LogP contribution in [-0.4, -0.2) is 38.9 Å². The van der Waals surface area contributed by atoms with Crippen LogP contribution in [0.1, 0.15) is 12.8 Å². The molecule has 1 heterocycles. The Balaban J connectivity index is 2.19. The highest BCUT2D eigenvalue weighted by molar-refractivity contribution is 9.10. The molecule has 0 atom stereocenters. The van der Waals surface area contributed by atoms with Crippen molar-refractivity contribution < 1.29 is 27.0 Å². The zero-order valence-electron chi connectivity index (χ0n) is 10.9. The minimum atomic E-state index is -4.22. The van der Waals surface area contributed by atoms with Crippen LogP contribution in [0.15, 0.2) is 21.5 Å². The summed E-state index contributed by atoms with van der Waals surface area (Å²) in [4.78, 5) is -0.681. The van der Waals surface area contributed by atoms with Crippen molar-refractivity contribution in [1.82, 2.24) is 4.72 Å². The van der Waals surface area contributed by atoms with E-state index in [0.29, 0.717) is 19.3 Å². The number of benzene rings is 1. The molecular weight excluding hydrogens is 372 g/mol. The van der Waals surface area contributed by atoms with Crippen LogP contribution in [0.3, 0.4) is 0 Å². The average Bonchev–Trinajstić information content (AvgIpc) is 2.36. The molecule has 0 amide bonds. The van der Waals surface area contributed by atoms with E-state index in [9.17, 15) is 22.3 Å². The molecule has 0 bridgehead atoms. The largest absolute Gasteiger partial charge is 0.388 e. The molecule has 5 nitrogen and oxygen atoms in total. The van der Waals surface area contributed by atoms with E-state index in [0.717, 1.165) is 6.07 Å². The average molecular weight is 386 g/mol. The third-order valence-corrected chi connectivity index (χ3v) is 5.61. The van der Waals surface area contributed by atoms with Gasteiger partial charge in [-0.2, -0.15) is 0 Å². The van der Waals surface area contributed by atoms with Crippen molar-refractivity contribution in [2.75, 3.05) is 19.8 Å². The molecule has 0 spiro atoms. The number of sulfonamides is 1. The van der Waals surface area contributed by atoms with Gasteiger partial charge in [-0.15, -0.1) is 0 Å². The number of ether oxygens (including phenoxy) is 1.